The molecule has 0 radical (unpaired) electrons. The molecule has 1 aromatic heterocycles. The lowest BCUT2D eigenvalue weighted by Crippen LogP contribution is -2.16. The van der Waals surface area contributed by atoms with Crippen molar-refractivity contribution in [3.05, 3.63) is 88.5 Å². The van der Waals surface area contributed by atoms with E-state index in [1.54, 1.807) is 6.07 Å². The number of ether oxygens (including phenoxy) is 1. The van der Waals surface area contributed by atoms with Gasteiger partial charge in [-0.1, -0.05) is 36.4 Å². The van der Waals surface area contributed by atoms with Gasteiger partial charge in [-0.25, -0.2) is 0 Å². The molecule has 0 spiro atoms. The summed E-state index contributed by atoms with van der Waals surface area (Å²) in [5.74, 6) is 0.643. The number of non-ortho nitro benzene ring substituents is 1. The molecule has 0 bridgehead atoms. The minimum absolute atomic E-state index is 0.0623. The maximum atomic E-state index is 11.0. The van der Waals surface area contributed by atoms with Crippen molar-refractivity contribution in [1.29, 1.82) is 0 Å². The zero-order valence-corrected chi connectivity index (χ0v) is 13.7. The van der Waals surface area contributed by atoms with E-state index in [9.17, 15) is 10.1 Å². The van der Waals surface area contributed by atoms with Crippen LogP contribution >= 0.6 is 0 Å². The highest BCUT2D eigenvalue weighted by Gasteiger charge is 2.22. The van der Waals surface area contributed by atoms with Crippen molar-refractivity contribution < 1.29 is 9.66 Å². The van der Waals surface area contributed by atoms with Gasteiger partial charge in [-0.05, 0) is 30.4 Å². The minimum Gasteiger partial charge on any atom is -0.466 e. The molecule has 0 aliphatic carbocycles. The van der Waals surface area contributed by atoms with Crippen molar-refractivity contribution in [1.82, 2.24) is 4.57 Å². The first kappa shape index (κ1) is 14.7. The number of benzene rings is 3. The Bertz CT molecular complexity index is 1150. The zero-order chi connectivity index (χ0) is 17.7. The van der Waals surface area contributed by atoms with Crippen LogP contribution in [0.1, 0.15) is 11.8 Å². The molecule has 4 aromatic rings. The Morgan fingerprint density at radius 1 is 0.923 bits per heavy atom. The summed E-state index contributed by atoms with van der Waals surface area (Å²) in [6.45, 7) is 0. The van der Waals surface area contributed by atoms with E-state index in [2.05, 4.69) is 28.8 Å². The SMILES string of the molecule is O=[N+]([O-])c1ccc2c(c1)C=CC(n1c3ccccc3c3ccccc31)O2. The molecule has 2 heterocycles. The van der Waals surface area contributed by atoms with E-state index >= 15 is 0 Å². The van der Waals surface area contributed by atoms with E-state index in [1.807, 2.05) is 36.4 Å². The summed E-state index contributed by atoms with van der Waals surface area (Å²) in [5.41, 5.74) is 2.96. The highest BCUT2D eigenvalue weighted by molar-refractivity contribution is 6.08. The minimum atomic E-state index is -0.396. The van der Waals surface area contributed by atoms with Gasteiger partial charge in [0.2, 0.25) is 0 Å². The van der Waals surface area contributed by atoms with Gasteiger partial charge in [0.05, 0.1) is 16.0 Å². The van der Waals surface area contributed by atoms with Gasteiger partial charge in [0.1, 0.15) is 5.75 Å². The first-order valence-corrected chi connectivity index (χ1v) is 8.33. The van der Waals surface area contributed by atoms with Crippen molar-refractivity contribution in [2.45, 2.75) is 6.23 Å². The van der Waals surface area contributed by atoms with Crippen LogP contribution in [-0.2, 0) is 0 Å². The molecule has 3 aromatic carbocycles. The van der Waals surface area contributed by atoms with Gasteiger partial charge in [0, 0.05) is 28.5 Å². The third-order valence-corrected chi connectivity index (χ3v) is 4.76. The third-order valence-electron chi connectivity index (χ3n) is 4.76. The molecule has 0 saturated carbocycles. The van der Waals surface area contributed by atoms with Gasteiger partial charge in [-0.3, -0.25) is 10.1 Å². The lowest BCUT2D eigenvalue weighted by Gasteiger charge is -2.24. The molecular weight excluding hydrogens is 328 g/mol. The van der Waals surface area contributed by atoms with Crippen molar-refractivity contribution in [3.8, 4) is 5.75 Å². The standard InChI is InChI=1S/C21H14N2O3/c24-23(25)15-10-11-20-14(13-15)9-12-21(26-20)22-18-7-3-1-5-16(18)17-6-2-4-8-19(17)22/h1-13,21H. The number of nitro groups is 1. The summed E-state index contributed by atoms with van der Waals surface area (Å²) in [6, 6.07) is 21.2. The van der Waals surface area contributed by atoms with E-state index in [-0.39, 0.29) is 11.9 Å². The lowest BCUT2D eigenvalue weighted by molar-refractivity contribution is -0.384. The maximum Gasteiger partial charge on any atom is 0.270 e. The highest BCUT2D eigenvalue weighted by atomic mass is 16.6. The Morgan fingerprint density at radius 3 is 2.23 bits per heavy atom. The lowest BCUT2D eigenvalue weighted by atomic mass is 10.1. The van der Waals surface area contributed by atoms with Crippen molar-refractivity contribution in [2.24, 2.45) is 0 Å². The molecule has 0 amide bonds. The summed E-state index contributed by atoms with van der Waals surface area (Å²) in [7, 11) is 0. The molecule has 26 heavy (non-hydrogen) atoms. The number of hydrogen-bond donors (Lipinski definition) is 0. The van der Waals surface area contributed by atoms with Crippen LogP contribution in [0, 0.1) is 10.1 Å². The molecule has 5 heteroatoms. The molecular formula is C21H14N2O3. The molecule has 5 rings (SSSR count). The van der Waals surface area contributed by atoms with Crippen LogP contribution in [0.5, 0.6) is 5.75 Å². The Labute approximate surface area is 148 Å². The van der Waals surface area contributed by atoms with Gasteiger partial charge in [-0.15, -0.1) is 0 Å². The van der Waals surface area contributed by atoms with Crippen LogP contribution in [0.3, 0.4) is 0 Å². The molecule has 5 nitrogen and oxygen atoms in total. The number of nitro benzene ring substituents is 1. The maximum absolute atomic E-state index is 11.0. The van der Waals surface area contributed by atoms with Crippen LogP contribution in [-0.4, -0.2) is 9.49 Å². The number of nitrogens with zero attached hydrogens (tertiary/aromatic N) is 2. The fourth-order valence-electron chi connectivity index (χ4n) is 3.61. The molecule has 0 saturated heterocycles. The summed E-state index contributed by atoms with van der Waals surface area (Å²) < 4.78 is 8.34. The van der Waals surface area contributed by atoms with Crippen LogP contribution < -0.4 is 4.74 Å². The Balaban J connectivity index is 1.67. The molecule has 1 atom stereocenters. The second kappa shape index (κ2) is 5.46. The van der Waals surface area contributed by atoms with Gasteiger partial charge < -0.3 is 9.30 Å². The van der Waals surface area contributed by atoms with Crippen molar-refractivity contribution in [2.75, 3.05) is 0 Å². The average molecular weight is 342 g/mol. The first-order valence-electron chi connectivity index (χ1n) is 8.33. The quantitative estimate of drug-likeness (QED) is 0.366. The first-order chi connectivity index (χ1) is 12.7. The number of aromatic nitrogens is 1. The van der Waals surface area contributed by atoms with Crippen molar-refractivity contribution >= 4 is 33.6 Å². The van der Waals surface area contributed by atoms with E-state index in [0.717, 1.165) is 16.6 Å². The monoisotopic (exact) mass is 342 g/mol. The smallest absolute Gasteiger partial charge is 0.270 e. The fourth-order valence-corrected chi connectivity index (χ4v) is 3.61. The predicted molar refractivity (Wildman–Crippen MR) is 101 cm³/mol. The van der Waals surface area contributed by atoms with Gasteiger partial charge >= 0.3 is 0 Å². The fraction of sp³-hybridized carbons (Fsp3) is 0.0476. The Kier molecular flexibility index (Phi) is 3.09. The van der Waals surface area contributed by atoms with E-state index in [4.69, 9.17) is 4.74 Å². The van der Waals surface area contributed by atoms with Gasteiger partial charge in [-0.2, -0.15) is 0 Å². The largest absolute Gasteiger partial charge is 0.466 e. The second-order valence-corrected chi connectivity index (χ2v) is 6.25. The normalized spacial score (nSPS) is 15.8. The van der Waals surface area contributed by atoms with Crippen LogP contribution in [0.15, 0.2) is 72.8 Å². The van der Waals surface area contributed by atoms with Crippen molar-refractivity contribution in [3.63, 3.8) is 0 Å². The molecule has 0 N–H and O–H groups in total. The van der Waals surface area contributed by atoms with Crippen LogP contribution in [0.25, 0.3) is 27.9 Å². The second-order valence-electron chi connectivity index (χ2n) is 6.25. The topological polar surface area (TPSA) is 57.3 Å². The summed E-state index contributed by atoms with van der Waals surface area (Å²) in [4.78, 5) is 10.6. The van der Waals surface area contributed by atoms with E-state index in [0.29, 0.717) is 5.75 Å². The van der Waals surface area contributed by atoms with Gasteiger partial charge in [0.25, 0.3) is 5.69 Å². The molecule has 0 fully saturated rings. The molecule has 1 aliphatic rings. The number of para-hydroxylation sites is 2. The average Bonchev–Trinajstić information content (AvgIpc) is 3.01. The zero-order valence-electron chi connectivity index (χ0n) is 13.7. The van der Waals surface area contributed by atoms with Crippen LogP contribution in [0.2, 0.25) is 0 Å². The van der Waals surface area contributed by atoms with Gasteiger partial charge in [0.15, 0.2) is 6.23 Å². The number of hydrogen-bond acceptors (Lipinski definition) is 3. The number of rotatable bonds is 2. The highest BCUT2D eigenvalue weighted by Crippen LogP contribution is 2.37. The summed E-state index contributed by atoms with van der Waals surface area (Å²) in [5, 5.41) is 13.3. The Morgan fingerprint density at radius 2 is 1.58 bits per heavy atom. The van der Waals surface area contributed by atoms with Crippen LogP contribution in [0.4, 0.5) is 5.69 Å². The summed E-state index contributed by atoms with van der Waals surface area (Å²) >= 11 is 0. The van der Waals surface area contributed by atoms with E-state index < -0.39 is 4.92 Å². The summed E-state index contributed by atoms with van der Waals surface area (Å²) in [6.07, 6.45) is 3.51. The Hall–Kier alpha value is -3.60. The van der Waals surface area contributed by atoms with E-state index in [1.165, 1.54) is 22.9 Å². The molecule has 1 aliphatic heterocycles. The molecule has 1 unspecified atom stereocenters. The predicted octanol–water partition coefficient (Wildman–Crippen LogP) is 5.31. The number of fused-ring (bicyclic) bond motifs is 4. The third kappa shape index (κ3) is 2.10. The molecule has 126 valence electrons.